The number of aliphatic hydroxyl groups excluding tert-OH is 1. The van der Waals surface area contributed by atoms with Crippen LogP contribution in [0.1, 0.15) is 62.2 Å². The van der Waals surface area contributed by atoms with Gasteiger partial charge in [-0.3, -0.25) is 14.2 Å². The molecule has 3 aliphatic rings. The number of rotatable bonds is 13. The number of hydrogen-bond donors (Lipinski definition) is 2. The van der Waals surface area contributed by atoms with E-state index in [1.807, 2.05) is 43.5 Å². The van der Waals surface area contributed by atoms with Gasteiger partial charge < -0.3 is 29.4 Å². The molecule has 0 radical (unpaired) electrons. The summed E-state index contributed by atoms with van der Waals surface area (Å²) in [6.45, 7) is 5.43. The van der Waals surface area contributed by atoms with Crippen molar-refractivity contribution in [3.63, 3.8) is 0 Å². The quantitative estimate of drug-likeness (QED) is 0.361. The van der Waals surface area contributed by atoms with Gasteiger partial charge in [-0.15, -0.1) is 0 Å². The molecule has 2 bridgehead atoms. The minimum Gasteiger partial charge on any atom is -0.459 e. The predicted molar refractivity (Wildman–Crippen MR) is 150 cm³/mol. The molecule has 0 saturated heterocycles. The van der Waals surface area contributed by atoms with Crippen molar-refractivity contribution in [2.24, 2.45) is 17.8 Å². The summed E-state index contributed by atoms with van der Waals surface area (Å²) in [6, 6.07) is 8.04. The van der Waals surface area contributed by atoms with E-state index in [2.05, 4.69) is 5.32 Å². The molecular formula is C31H42N2O7. The van der Waals surface area contributed by atoms with Crippen LogP contribution >= 0.6 is 0 Å². The van der Waals surface area contributed by atoms with Gasteiger partial charge in [-0.1, -0.05) is 24.6 Å². The van der Waals surface area contributed by atoms with E-state index < -0.39 is 6.29 Å². The molecule has 40 heavy (non-hydrogen) atoms. The van der Waals surface area contributed by atoms with Crippen LogP contribution in [-0.2, 0) is 23.7 Å². The van der Waals surface area contributed by atoms with Gasteiger partial charge >= 0.3 is 0 Å². The molecule has 2 fully saturated rings. The lowest BCUT2D eigenvalue weighted by molar-refractivity contribution is -0.168. The summed E-state index contributed by atoms with van der Waals surface area (Å²) < 4.78 is 25.2. The SMILES string of the molecule is CCO[C@H]1OC(C(=O)NC2CC3CCC2C3)=C[C@@H](c2cn(C(C)=O)c3ccccc23)[C@@H]1CCOCCOCCO. The van der Waals surface area contributed by atoms with Crippen LogP contribution in [-0.4, -0.2) is 73.5 Å². The molecule has 3 unspecified atom stereocenters. The van der Waals surface area contributed by atoms with E-state index in [1.165, 1.54) is 19.3 Å². The Morgan fingerprint density at radius 3 is 2.60 bits per heavy atom. The zero-order valence-electron chi connectivity index (χ0n) is 23.6. The van der Waals surface area contributed by atoms with Gasteiger partial charge in [0.15, 0.2) is 5.76 Å². The van der Waals surface area contributed by atoms with Crippen molar-refractivity contribution in [3.05, 3.63) is 47.9 Å². The summed E-state index contributed by atoms with van der Waals surface area (Å²) >= 11 is 0. The first-order valence-electron chi connectivity index (χ1n) is 14.7. The highest BCUT2D eigenvalue weighted by molar-refractivity contribution is 5.95. The second-order valence-corrected chi connectivity index (χ2v) is 11.1. The Morgan fingerprint density at radius 1 is 1.10 bits per heavy atom. The number of benzene rings is 1. The topological polar surface area (TPSA) is 108 Å². The molecule has 1 aliphatic heterocycles. The van der Waals surface area contributed by atoms with E-state index in [-0.39, 0.29) is 48.7 Å². The summed E-state index contributed by atoms with van der Waals surface area (Å²) in [5.41, 5.74) is 1.79. The van der Waals surface area contributed by atoms with Crippen LogP contribution in [0.25, 0.3) is 10.9 Å². The van der Waals surface area contributed by atoms with E-state index in [0.29, 0.717) is 38.8 Å². The molecule has 5 rings (SSSR count). The van der Waals surface area contributed by atoms with Gasteiger partial charge in [0.1, 0.15) is 0 Å². The van der Waals surface area contributed by atoms with E-state index in [9.17, 15) is 9.59 Å². The van der Waals surface area contributed by atoms with Crippen LogP contribution in [0.3, 0.4) is 0 Å². The average Bonchev–Trinajstić information content (AvgIpc) is 3.68. The van der Waals surface area contributed by atoms with Crippen LogP contribution < -0.4 is 5.32 Å². The van der Waals surface area contributed by atoms with Gasteiger partial charge in [0.2, 0.25) is 12.2 Å². The van der Waals surface area contributed by atoms with Crippen LogP contribution in [0.4, 0.5) is 0 Å². The number of fused-ring (bicyclic) bond motifs is 3. The van der Waals surface area contributed by atoms with Gasteiger partial charge in [0, 0.05) is 49.6 Å². The number of carbonyl (C=O) groups excluding carboxylic acids is 2. The average molecular weight is 555 g/mol. The number of nitrogens with zero attached hydrogens (tertiary/aromatic N) is 1. The molecule has 1 aromatic heterocycles. The molecule has 9 nitrogen and oxygen atoms in total. The number of amides is 1. The predicted octanol–water partition coefficient (Wildman–Crippen LogP) is 4.00. The second-order valence-electron chi connectivity index (χ2n) is 11.1. The summed E-state index contributed by atoms with van der Waals surface area (Å²) in [6.07, 6.45) is 8.47. The van der Waals surface area contributed by atoms with E-state index in [0.717, 1.165) is 28.8 Å². The summed E-state index contributed by atoms with van der Waals surface area (Å²) in [5.74, 6) is 0.901. The number of aromatic nitrogens is 1. The molecule has 0 spiro atoms. The standard InChI is InChI=1S/C31H42N2O7/c1-3-39-31-24(10-12-37-14-15-38-13-11-34)25(26-19-33(20(2)35)28-7-5-4-6-23(26)28)18-29(40-31)30(36)32-27-17-21-8-9-22(27)16-21/h4-7,18-19,21-22,24-25,27,31,34H,3,8-17H2,1-2H3,(H,32,36)/t21?,22?,24-,25+,27?,31-/m0/s1. The Balaban J connectivity index is 1.43. The van der Waals surface area contributed by atoms with Crippen molar-refractivity contribution in [1.29, 1.82) is 0 Å². The number of hydrogen-bond acceptors (Lipinski definition) is 7. The summed E-state index contributed by atoms with van der Waals surface area (Å²) in [5, 5.41) is 13.1. The molecule has 6 atom stereocenters. The maximum atomic E-state index is 13.6. The highest BCUT2D eigenvalue weighted by Crippen LogP contribution is 2.45. The third-order valence-corrected chi connectivity index (χ3v) is 8.64. The zero-order chi connectivity index (χ0) is 28.1. The number of ether oxygens (including phenoxy) is 4. The lowest BCUT2D eigenvalue weighted by Gasteiger charge is -2.37. The molecule has 1 amide bonds. The number of aliphatic hydroxyl groups is 1. The Labute approximate surface area is 235 Å². The Morgan fingerprint density at radius 2 is 1.90 bits per heavy atom. The van der Waals surface area contributed by atoms with Crippen LogP contribution in [0.5, 0.6) is 0 Å². The normalized spacial score (nSPS) is 27.5. The van der Waals surface area contributed by atoms with Crippen molar-refractivity contribution in [2.45, 2.75) is 64.2 Å². The summed E-state index contributed by atoms with van der Waals surface area (Å²) in [7, 11) is 0. The molecule has 2 heterocycles. The fraction of sp³-hybridized carbons (Fsp3) is 0.613. The number of nitrogens with one attached hydrogen (secondary N) is 1. The van der Waals surface area contributed by atoms with Crippen LogP contribution in [0.15, 0.2) is 42.3 Å². The van der Waals surface area contributed by atoms with Crippen LogP contribution in [0, 0.1) is 17.8 Å². The first-order valence-corrected chi connectivity index (χ1v) is 14.7. The number of carbonyl (C=O) groups is 2. The van der Waals surface area contributed by atoms with Crippen molar-refractivity contribution >= 4 is 22.7 Å². The third-order valence-electron chi connectivity index (χ3n) is 8.64. The minimum atomic E-state index is -0.644. The lowest BCUT2D eigenvalue weighted by atomic mass is 9.81. The van der Waals surface area contributed by atoms with E-state index in [1.54, 1.807) is 11.5 Å². The van der Waals surface area contributed by atoms with Crippen molar-refractivity contribution in [1.82, 2.24) is 9.88 Å². The van der Waals surface area contributed by atoms with Crippen molar-refractivity contribution in [2.75, 3.05) is 39.6 Å². The Kier molecular flexibility index (Phi) is 9.57. The molecule has 9 heteroatoms. The summed E-state index contributed by atoms with van der Waals surface area (Å²) in [4.78, 5) is 26.1. The van der Waals surface area contributed by atoms with E-state index in [4.69, 9.17) is 24.1 Å². The van der Waals surface area contributed by atoms with Crippen LogP contribution in [0.2, 0.25) is 0 Å². The monoisotopic (exact) mass is 554 g/mol. The first-order chi connectivity index (χ1) is 19.5. The molecule has 2 aliphatic carbocycles. The van der Waals surface area contributed by atoms with Gasteiger partial charge in [-0.25, -0.2) is 0 Å². The van der Waals surface area contributed by atoms with Crippen molar-refractivity contribution < 1.29 is 33.6 Å². The fourth-order valence-corrected chi connectivity index (χ4v) is 6.79. The largest absolute Gasteiger partial charge is 0.459 e. The molecule has 218 valence electrons. The maximum absolute atomic E-state index is 13.6. The molecular weight excluding hydrogens is 512 g/mol. The molecule has 2 aromatic rings. The van der Waals surface area contributed by atoms with Gasteiger partial charge in [-0.2, -0.15) is 0 Å². The number of para-hydroxylation sites is 1. The minimum absolute atomic E-state index is 0.0186. The second kappa shape index (κ2) is 13.3. The highest BCUT2D eigenvalue weighted by Gasteiger charge is 2.43. The van der Waals surface area contributed by atoms with E-state index >= 15 is 0 Å². The van der Waals surface area contributed by atoms with Gasteiger partial charge in [-0.05, 0) is 62.1 Å². The van der Waals surface area contributed by atoms with Crippen molar-refractivity contribution in [3.8, 4) is 0 Å². The Bertz CT molecular complexity index is 1210. The number of allylic oxidation sites excluding steroid dienone is 1. The van der Waals surface area contributed by atoms with Gasteiger partial charge in [0.05, 0.1) is 31.9 Å². The van der Waals surface area contributed by atoms with Gasteiger partial charge in [0.25, 0.3) is 5.91 Å². The highest BCUT2D eigenvalue weighted by atomic mass is 16.7. The molecule has 1 aromatic carbocycles. The first kappa shape index (κ1) is 28.8. The maximum Gasteiger partial charge on any atom is 0.286 e. The smallest absolute Gasteiger partial charge is 0.286 e. The fourth-order valence-electron chi connectivity index (χ4n) is 6.79. The zero-order valence-corrected chi connectivity index (χ0v) is 23.6. The molecule has 2 saturated carbocycles. The Hall–Kier alpha value is -2.72. The third kappa shape index (κ3) is 6.28. The lowest BCUT2D eigenvalue weighted by Crippen LogP contribution is -2.43. The molecule has 2 N–H and O–H groups in total.